The SMILES string of the molecule is COC(=O)C(COC(C)(C)C)NS(=O)(=O)c1ccc(OC)c(OC)c1. The number of nitrogens with one attached hydrogen (secondary N) is 1. The maximum absolute atomic E-state index is 12.6. The van der Waals surface area contributed by atoms with E-state index in [1.807, 2.05) is 0 Å². The van der Waals surface area contributed by atoms with E-state index in [0.717, 1.165) is 0 Å². The second-order valence-corrected chi connectivity index (χ2v) is 7.85. The average Bonchev–Trinajstić information content (AvgIpc) is 2.56. The van der Waals surface area contributed by atoms with Crippen LogP contribution in [0.15, 0.2) is 23.1 Å². The zero-order valence-corrected chi connectivity index (χ0v) is 16.1. The van der Waals surface area contributed by atoms with Crippen LogP contribution in [-0.2, 0) is 24.3 Å². The molecule has 0 spiro atoms. The van der Waals surface area contributed by atoms with Crippen molar-refractivity contribution in [1.29, 1.82) is 0 Å². The molecule has 0 amide bonds. The van der Waals surface area contributed by atoms with Gasteiger partial charge in [-0.05, 0) is 32.9 Å². The van der Waals surface area contributed by atoms with Crippen LogP contribution in [0.25, 0.3) is 0 Å². The first-order chi connectivity index (χ1) is 11.5. The topological polar surface area (TPSA) is 100 Å². The Morgan fingerprint density at radius 3 is 2.20 bits per heavy atom. The van der Waals surface area contributed by atoms with E-state index < -0.39 is 27.6 Å². The molecule has 1 atom stereocenters. The highest BCUT2D eigenvalue weighted by atomic mass is 32.2. The largest absolute Gasteiger partial charge is 0.493 e. The van der Waals surface area contributed by atoms with E-state index in [1.165, 1.54) is 39.5 Å². The van der Waals surface area contributed by atoms with E-state index in [1.54, 1.807) is 20.8 Å². The third-order valence-electron chi connectivity index (χ3n) is 3.13. The lowest BCUT2D eigenvalue weighted by Crippen LogP contribution is -2.46. The van der Waals surface area contributed by atoms with E-state index in [0.29, 0.717) is 5.75 Å². The van der Waals surface area contributed by atoms with Gasteiger partial charge in [-0.3, -0.25) is 4.79 Å². The summed E-state index contributed by atoms with van der Waals surface area (Å²) in [5, 5.41) is 0. The van der Waals surface area contributed by atoms with Gasteiger partial charge in [-0.25, -0.2) is 8.42 Å². The van der Waals surface area contributed by atoms with Gasteiger partial charge in [0.1, 0.15) is 6.04 Å². The number of ether oxygens (including phenoxy) is 4. The van der Waals surface area contributed by atoms with Crippen molar-refractivity contribution in [1.82, 2.24) is 4.72 Å². The number of hydrogen-bond acceptors (Lipinski definition) is 7. The van der Waals surface area contributed by atoms with Crippen molar-refractivity contribution in [2.24, 2.45) is 0 Å². The van der Waals surface area contributed by atoms with Crippen LogP contribution in [0.5, 0.6) is 11.5 Å². The number of carbonyl (C=O) groups is 1. The van der Waals surface area contributed by atoms with Gasteiger partial charge in [0.15, 0.2) is 11.5 Å². The van der Waals surface area contributed by atoms with Gasteiger partial charge >= 0.3 is 5.97 Å². The van der Waals surface area contributed by atoms with Crippen LogP contribution in [0.4, 0.5) is 0 Å². The van der Waals surface area contributed by atoms with Gasteiger partial charge in [-0.2, -0.15) is 4.72 Å². The Kier molecular flexibility index (Phi) is 7.21. The third kappa shape index (κ3) is 6.18. The number of methoxy groups -OCH3 is 3. The molecule has 0 aliphatic carbocycles. The van der Waals surface area contributed by atoms with Crippen LogP contribution in [0, 0.1) is 0 Å². The molecule has 1 rings (SSSR count). The van der Waals surface area contributed by atoms with Crippen molar-refractivity contribution < 1.29 is 32.2 Å². The lowest BCUT2D eigenvalue weighted by atomic mass is 10.2. The molecule has 0 fully saturated rings. The number of esters is 1. The molecule has 1 aromatic rings. The maximum Gasteiger partial charge on any atom is 0.326 e. The molecule has 0 bridgehead atoms. The minimum Gasteiger partial charge on any atom is -0.493 e. The Labute approximate surface area is 148 Å². The molecule has 9 heteroatoms. The molecule has 0 saturated heterocycles. The van der Waals surface area contributed by atoms with Crippen molar-refractivity contribution in [2.75, 3.05) is 27.9 Å². The first-order valence-electron chi connectivity index (χ1n) is 7.50. The molecule has 0 saturated carbocycles. The zero-order chi connectivity index (χ0) is 19.3. The standard InChI is InChI=1S/C16H25NO7S/c1-16(2,3)24-10-12(15(18)23-6)17-25(19,20)11-7-8-13(21-4)14(9-11)22-5/h7-9,12,17H,10H2,1-6H3. The molecule has 0 aliphatic rings. The maximum atomic E-state index is 12.6. The highest BCUT2D eigenvalue weighted by Gasteiger charge is 2.29. The van der Waals surface area contributed by atoms with Gasteiger partial charge in [-0.15, -0.1) is 0 Å². The Balaban J connectivity index is 3.07. The normalized spacial score (nSPS) is 13.2. The molecule has 0 aromatic heterocycles. The zero-order valence-electron chi connectivity index (χ0n) is 15.3. The van der Waals surface area contributed by atoms with Crippen LogP contribution in [0.3, 0.4) is 0 Å². The average molecular weight is 375 g/mol. The summed E-state index contributed by atoms with van der Waals surface area (Å²) in [6.07, 6.45) is 0. The van der Waals surface area contributed by atoms with Crippen LogP contribution in [-0.4, -0.2) is 54.0 Å². The van der Waals surface area contributed by atoms with E-state index in [9.17, 15) is 13.2 Å². The first-order valence-corrected chi connectivity index (χ1v) is 8.98. The van der Waals surface area contributed by atoms with E-state index >= 15 is 0 Å². The van der Waals surface area contributed by atoms with Crippen molar-refractivity contribution in [3.63, 3.8) is 0 Å². The summed E-state index contributed by atoms with van der Waals surface area (Å²) in [5.41, 5.74) is -0.541. The molecule has 0 aliphatic heterocycles. The van der Waals surface area contributed by atoms with Crippen molar-refractivity contribution >= 4 is 16.0 Å². The number of carbonyl (C=O) groups excluding carboxylic acids is 1. The Morgan fingerprint density at radius 1 is 1.12 bits per heavy atom. The number of hydrogen-bond donors (Lipinski definition) is 1. The molecule has 1 unspecified atom stereocenters. The van der Waals surface area contributed by atoms with Gasteiger partial charge in [-0.1, -0.05) is 0 Å². The van der Waals surface area contributed by atoms with E-state index in [2.05, 4.69) is 9.46 Å². The fourth-order valence-electron chi connectivity index (χ4n) is 1.86. The second-order valence-electron chi connectivity index (χ2n) is 6.14. The molecule has 142 valence electrons. The summed E-state index contributed by atoms with van der Waals surface area (Å²) in [6, 6.07) is 2.94. The molecule has 1 N–H and O–H groups in total. The number of benzene rings is 1. The number of rotatable bonds is 8. The van der Waals surface area contributed by atoms with Gasteiger partial charge in [0.25, 0.3) is 0 Å². The Bertz CT molecular complexity index is 695. The van der Waals surface area contributed by atoms with Crippen molar-refractivity contribution in [3.05, 3.63) is 18.2 Å². The monoisotopic (exact) mass is 375 g/mol. The second kappa shape index (κ2) is 8.50. The van der Waals surface area contributed by atoms with Crippen LogP contribution in [0.1, 0.15) is 20.8 Å². The lowest BCUT2D eigenvalue weighted by molar-refractivity contribution is -0.145. The molecular weight excluding hydrogens is 350 g/mol. The molecule has 0 radical (unpaired) electrons. The minimum absolute atomic E-state index is 0.0742. The summed E-state index contributed by atoms with van der Waals surface area (Å²) < 4.78 is 47.8. The van der Waals surface area contributed by atoms with Gasteiger partial charge < -0.3 is 18.9 Å². The van der Waals surface area contributed by atoms with Crippen LogP contribution >= 0.6 is 0 Å². The summed E-state index contributed by atoms with van der Waals surface area (Å²) in [7, 11) is 0.0162. The predicted octanol–water partition coefficient (Wildman–Crippen LogP) is 1.34. The van der Waals surface area contributed by atoms with Gasteiger partial charge in [0, 0.05) is 6.07 Å². The Hall–Kier alpha value is -1.84. The molecule has 0 heterocycles. The van der Waals surface area contributed by atoms with Crippen LogP contribution < -0.4 is 14.2 Å². The molecule has 8 nitrogen and oxygen atoms in total. The van der Waals surface area contributed by atoms with Crippen LogP contribution in [0.2, 0.25) is 0 Å². The summed E-state index contributed by atoms with van der Waals surface area (Å²) in [6.45, 7) is 5.22. The summed E-state index contributed by atoms with van der Waals surface area (Å²) >= 11 is 0. The van der Waals surface area contributed by atoms with Gasteiger partial charge in [0.2, 0.25) is 10.0 Å². The third-order valence-corrected chi connectivity index (χ3v) is 4.60. The predicted molar refractivity (Wildman–Crippen MR) is 91.4 cm³/mol. The fraction of sp³-hybridized carbons (Fsp3) is 0.562. The molecular formula is C16H25NO7S. The lowest BCUT2D eigenvalue weighted by Gasteiger charge is -2.23. The van der Waals surface area contributed by atoms with Crippen molar-refractivity contribution in [3.8, 4) is 11.5 Å². The molecule has 1 aromatic carbocycles. The Morgan fingerprint density at radius 2 is 1.72 bits per heavy atom. The number of sulfonamides is 1. The highest BCUT2D eigenvalue weighted by molar-refractivity contribution is 7.89. The fourth-order valence-corrected chi connectivity index (χ4v) is 3.05. The quantitative estimate of drug-likeness (QED) is 0.684. The minimum atomic E-state index is -4.01. The smallest absolute Gasteiger partial charge is 0.326 e. The van der Waals surface area contributed by atoms with Crippen molar-refractivity contribution in [2.45, 2.75) is 37.3 Å². The van der Waals surface area contributed by atoms with E-state index in [4.69, 9.17) is 14.2 Å². The van der Waals surface area contributed by atoms with Gasteiger partial charge in [0.05, 0.1) is 38.4 Å². The first kappa shape index (κ1) is 21.2. The summed E-state index contributed by atoms with van der Waals surface area (Å²) in [4.78, 5) is 11.8. The highest BCUT2D eigenvalue weighted by Crippen LogP contribution is 2.29. The van der Waals surface area contributed by atoms with E-state index in [-0.39, 0.29) is 17.3 Å². The summed E-state index contributed by atoms with van der Waals surface area (Å²) in [5.74, 6) is -0.0960. The molecule has 25 heavy (non-hydrogen) atoms.